The second-order valence-corrected chi connectivity index (χ2v) is 6.59. The topological polar surface area (TPSA) is 66.4 Å². The number of hydrogen-bond acceptors (Lipinski definition) is 2. The molecule has 1 atom stereocenters. The number of carboxylic acid groups (broad SMARTS) is 1. The Bertz CT molecular complexity index is 540. The third-order valence-electron chi connectivity index (χ3n) is 2.79. The van der Waals surface area contributed by atoms with Gasteiger partial charge in [-0.15, -0.1) is 0 Å². The Morgan fingerprint density at radius 3 is 2.48 bits per heavy atom. The molecular weight excluding hydrogens is 297 g/mol. The van der Waals surface area contributed by atoms with Crippen LogP contribution in [0.1, 0.15) is 44.0 Å². The Balaban J connectivity index is 2.86. The standard InChI is InChI=1S/C15H19ClFNO3/c1-15(2,3)8-10(7-13(19)20)18-14(21)11-5-4-9(16)6-12(11)17/h4-6,10H,7-8H2,1-3H3,(H,18,21)(H,19,20). The molecule has 4 nitrogen and oxygen atoms in total. The van der Waals surface area contributed by atoms with Crippen LogP contribution >= 0.6 is 11.6 Å². The summed E-state index contributed by atoms with van der Waals surface area (Å²) in [6.07, 6.45) is 0.262. The van der Waals surface area contributed by atoms with Gasteiger partial charge in [0.2, 0.25) is 0 Å². The maximum atomic E-state index is 13.7. The lowest BCUT2D eigenvalue weighted by Crippen LogP contribution is -2.39. The van der Waals surface area contributed by atoms with E-state index in [9.17, 15) is 14.0 Å². The SMILES string of the molecule is CC(C)(C)CC(CC(=O)O)NC(=O)c1ccc(Cl)cc1F. The van der Waals surface area contributed by atoms with Gasteiger partial charge in [0.05, 0.1) is 12.0 Å². The van der Waals surface area contributed by atoms with Gasteiger partial charge < -0.3 is 10.4 Å². The van der Waals surface area contributed by atoms with Crippen molar-refractivity contribution in [3.05, 3.63) is 34.6 Å². The van der Waals surface area contributed by atoms with Crippen molar-refractivity contribution in [1.82, 2.24) is 5.32 Å². The molecule has 0 fully saturated rings. The molecule has 2 N–H and O–H groups in total. The molecule has 1 rings (SSSR count). The predicted octanol–water partition coefficient (Wildman–Crippen LogP) is 3.49. The maximum absolute atomic E-state index is 13.7. The average molecular weight is 316 g/mol. The highest BCUT2D eigenvalue weighted by Crippen LogP contribution is 2.23. The predicted molar refractivity (Wildman–Crippen MR) is 79.0 cm³/mol. The molecule has 6 heteroatoms. The van der Waals surface area contributed by atoms with Crippen molar-refractivity contribution in [1.29, 1.82) is 0 Å². The van der Waals surface area contributed by atoms with Gasteiger partial charge >= 0.3 is 5.97 Å². The molecule has 1 aromatic carbocycles. The molecule has 0 aromatic heterocycles. The Kier molecular flexibility index (Phi) is 5.72. The van der Waals surface area contributed by atoms with Crippen LogP contribution in [0.5, 0.6) is 0 Å². The van der Waals surface area contributed by atoms with Crippen molar-refractivity contribution in [2.45, 2.75) is 39.7 Å². The second kappa shape index (κ2) is 6.89. The number of nitrogens with one attached hydrogen (secondary N) is 1. The fourth-order valence-corrected chi connectivity index (χ4v) is 2.22. The first-order valence-corrected chi connectivity index (χ1v) is 6.94. The van der Waals surface area contributed by atoms with Gasteiger partial charge in [0.15, 0.2) is 0 Å². The van der Waals surface area contributed by atoms with Crippen LogP contribution < -0.4 is 5.32 Å². The second-order valence-electron chi connectivity index (χ2n) is 6.16. The number of carbonyl (C=O) groups excluding carboxylic acids is 1. The number of carbonyl (C=O) groups is 2. The Hall–Kier alpha value is -1.62. The van der Waals surface area contributed by atoms with E-state index in [0.29, 0.717) is 6.42 Å². The minimum Gasteiger partial charge on any atom is -0.481 e. The summed E-state index contributed by atoms with van der Waals surface area (Å²) in [6, 6.07) is 3.18. The fourth-order valence-electron chi connectivity index (χ4n) is 2.06. The van der Waals surface area contributed by atoms with Gasteiger partial charge in [-0.3, -0.25) is 9.59 Å². The number of amides is 1. The largest absolute Gasteiger partial charge is 0.481 e. The van der Waals surface area contributed by atoms with Crippen LogP contribution in [0.2, 0.25) is 5.02 Å². The van der Waals surface area contributed by atoms with Gasteiger partial charge in [-0.25, -0.2) is 4.39 Å². The summed E-state index contributed by atoms with van der Waals surface area (Å²) in [4.78, 5) is 22.9. The van der Waals surface area contributed by atoms with Crippen LogP contribution in [0, 0.1) is 11.2 Å². The van der Waals surface area contributed by atoms with Crippen molar-refractivity contribution in [2.75, 3.05) is 0 Å². The highest BCUT2D eigenvalue weighted by Gasteiger charge is 2.24. The molecule has 1 amide bonds. The first-order chi connectivity index (χ1) is 9.58. The molecule has 0 radical (unpaired) electrons. The number of carboxylic acids is 1. The van der Waals surface area contributed by atoms with E-state index in [2.05, 4.69) is 5.32 Å². The smallest absolute Gasteiger partial charge is 0.305 e. The van der Waals surface area contributed by atoms with E-state index in [-0.39, 0.29) is 22.4 Å². The lowest BCUT2D eigenvalue weighted by molar-refractivity contribution is -0.137. The van der Waals surface area contributed by atoms with Crippen molar-refractivity contribution in [3.63, 3.8) is 0 Å². The zero-order chi connectivity index (χ0) is 16.2. The summed E-state index contributed by atoms with van der Waals surface area (Å²) < 4.78 is 13.7. The molecule has 1 unspecified atom stereocenters. The monoisotopic (exact) mass is 315 g/mol. The van der Waals surface area contributed by atoms with Crippen molar-refractivity contribution in [3.8, 4) is 0 Å². The summed E-state index contributed by atoms with van der Waals surface area (Å²) in [7, 11) is 0. The lowest BCUT2D eigenvalue weighted by atomic mass is 9.87. The summed E-state index contributed by atoms with van der Waals surface area (Å²) in [5, 5.41) is 11.7. The molecule has 0 spiro atoms. The van der Waals surface area contributed by atoms with Gasteiger partial charge in [-0.1, -0.05) is 32.4 Å². The van der Waals surface area contributed by atoms with E-state index in [1.54, 1.807) is 0 Å². The number of hydrogen-bond donors (Lipinski definition) is 2. The Labute approximate surface area is 128 Å². The Morgan fingerprint density at radius 1 is 1.38 bits per heavy atom. The molecule has 0 bridgehead atoms. The van der Waals surface area contributed by atoms with Crippen molar-refractivity contribution < 1.29 is 19.1 Å². The third-order valence-corrected chi connectivity index (χ3v) is 3.03. The number of halogens is 2. The molecule has 0 saturated heterocycles. The molecule has 0 heterocycles. The molecular formula is C15H19ClFNO3. The summed E-state index contributed by atoms with van der Waals surface area (Å²) in [5.41, 5.74) is -0.310. The van der Waals surface area contributed by atoms with Crippen LogP contribution in [0.3, 0.4) is 0 Å². The van der Waals surface area contributed by atoms with E-state index in [4.69, 9.17) is 16.7 Å². The highest BCUT2D eigenvalue weighted by molar-refractivity contribution is 6.30. The first kappa shape index (κ1) is 17.4. The lowest BCUT2D eigenvalue weighted by Gasteiger charge is -2.25. The molecule has 21 heavy (non-hydrogen) atoms. The Morgan fingerprint density at radius 2 is 2.00 bits per heavy atom. The van der Waals surface area contributed by atoms with Crippen LogP contribution in [0.25, 0.3) is 0 Å². The van der Waals surface area contributed by atoms with Gasteiger partial charge in [-0.05, 0) is 30.0 Å². The summed E-state index contributed by atoms with van der Waals surface area (Å²) in [5.74, 6) is -2.38. The zero-order valence-corrected chi connectivity index (χ0v) is 13.0. The van der Waals surface area contributed by atoms with E-state index in [1.165, 1.54) is 12.1 Å². The van der Waals surface area contributed by atoms with Crippen molar-refractivity contribution in [2.24, 2.45) is 5.41 Å². The third kappa shape index (κ3) is 6.12. The van der Waals surface area contributed by atoms with Gasteiger partial charge in [0.25, 0.3) is 5.91 Å². The van der Waals surface area contributed by atoms with Gasteiger partial charge in [0.1, 0.15) is 5.82 Å². The van der Waals surface area contributed by atoms with Gasteiger partial charge in [0, 0.05) is 11.1 Å². The number of aliphatic carboxylic acids is 1. The molecule has 1 aromatic rings. The minimum atomic E-state index is -1.01. The quantitative estimate of drug-likeness (QED) is 0.874. The zero-order valence-electron chi connectivity index (χ0n) is 12.2. The molecule has 0 saturated carbocycles. The highest BCUT2D eigenvalue weighted by atomic mass is 35.5. The molecule has 116 valence electrons. The van der Waals surface area contributed by atoms with Gasteiger partial charge in [-0.2, -0.15) is 0 Å². The summed E-state index contributed by atoms with van der Waals surface area (Å²) >= 11 is 5.63. The van der Waals surface area contributed by atoms with E-state index >= 15 is 0 Å². The summed E-state index contributed by atoms with van der Waals surface area (Å²) in [6.45, 7) is 5.82. The maximum Gasteiger partial charge on any atom is 0.305 e. The van der Waals surface area contributed by atoms with E-state index in [0.717, 1.165) is 6.07 Å². The van der Waals surface area contributed by atoms with E-state index < -0.39 is 23.7 Å². The van der Waals surface area contributed by atoms with Crippen LogP contribution in [-0.4, -0.2) is 23.0 Å². The van der Waals surface area contributed by atoms with Crippen LogP contribution in [0.15, 0.2) is 18.2 Å². The van der Waals surface area contributed by atoms with E-state index in [1.807, 2.05) is 20.8 Å². The number of benzene rings is 1. The minimum absolute atomic E-state index is 0.149. The average Bonchev–Trinajstić information content (AvgIpc) is 2.24. The van der Waals surface area contributed by atoms with Crippen molar-refractivity contribution >= 4 is 23.5 Å². The molecule has 0 aliphatic carbocycles. The normalized spacial score (nSPS) is 12.8. The molecule has 0 aliphatic heterocycles. The molecule has 0 aliphatic rings. The fraction of sp³-hybridized carbons (Fsp3) is 0.467. The first-order valence-electron chi connectivity index (χ1n) is 6.56. The van der Waals surface area contributed by atoms with Crippen LogP contribution in [-0.2, 0) is 4.79 Å². The van der Waals surface area contributed by atoms with Crippen LogP contribution in [0.4, 0.5) is 4.39 Å². The number of rotatable bonds is 5.